The van der Waals surface area contributed by atoms with Crippen molar-refractivity contribution in [2.45, 2.75) is 83.6 Å². The zero-order valence-electron chi connectivity index (χ0n) is 15.1. The zero-order chi connectivity index (χ0) is 17.4. The van der Waals surface area contributed by atoms with Crippen LogP contribution < -0.4 is 5.32 Å². The van der Waals surface area contributed by atoms with Crippen LogP contribution in [0.15, 0.2) is 0 Å². The molecule has 6 heteroatoms. The topological polar surface area (TPSA) is 66.5 Å². The minimum atomic E-state index is -3.09. The van der Waals surface area contributed by atoms with E-state index >= 15 is 0 Å². The van der Waals surface area contributed by atoms with E-state index in [9.17, 15) is 13.2 Å². The van der Waals surface area contributed by atoms with Gasteiger partial charge in [0.1, 0.15) is 0 Å². The van der Waals surface area contributed by atoms with Gasteiger partial charge in [-0.1, -0.05) is 39.0 Å². The predicted molar refractivity (Wildman–Crippen MR) is 97.2 cm³/mol. The van der Waals surface area contributed by atoms with Gasteiger partial charge in [0.15, 0.2) is 0 Å². The van der Waals surface area contributed by atoms with E-state index in [1.807, 2.05) is 6.92 Å². The largest absolute Gasteiger partial charge is 0.353 e. The lowest BCUT2D eigenvalue weighted by molar-refractivity contribution is -0.122. The number of hydrogen-bond acceptors (Lipinski definition) is 3. The Balaban J connectivity index is 1.61. The van der Waals surface area contributed by atoms with E-state index in [1.54, 1.807) is 4.31 Å². The average molecular weight is 359 g/mol. The van der Waals surface area contributed by atoms with Crippen LogP contribution in [-0.2, 0) is 14.8 Å². The number of amides is 1. The van der Waals surface area contributed by atoms with E-state index in [2.05, 4.69) is 5.32 Å². The Bertz CT molecular complexity index is 478. The molecule has 1 saturated heterocycles. The summed E-state index contributed by atoms with van der Waals surface area (Å²) in [6, 6.07) is 0.139. The highest BCUT2D eigenvalue weighted by Crippen LogP contribution is 2.27. The number of carbonyl (C=O) groups excluding carboxylic acids is 1. The zero-order valence-corrected chi connectivity index (χ0v) is 16.0. The standard InChI is InChI=1S/C18H34N2O3S/c1-2-15-24(22,23)20-13-11-17(12-14-20)19-18(21)10-6-9-16-7-4-3-5-8-16/h16-17H,2-15H2,1H3,(H,19,21). The molecule has 0 aromatic carbocycles. The molecule has 0 atom stereocenters. The molecule has 1 aliphatic carbocycles. The molecular weight excluding hydrogens is 324 g/mol. The second-order valence-corrected chi connectivity index (χ2v) is 9.54. The maximum atomic E-state index is 12.1. The first kappa shape index (κ1) is 19.7. The molecule has 140 valence electrons. The third kappa shape index (κ3) is 6.36. The molecule has 24 heavy (non-hydrogen) atoms. The molecule has 0 unspecified atom stereocenters. The molecule has 0 aromatic heterocycles. The molecule has 2 rings (SSSR count). The Morgan fingerprint density at radius 2 is 1.75 bits per heavy atom. The number of rotatable bonds is 8. The molecule has 1 N–H and O–H groups in total. The Morgan fingerprint density at radius 1 is 1.08 bits per heavy atom. The van der Waals surface area contributed by atoms with Crippen LogP contribution in [-0.4, -0.2) is 43.5 Å². The maximum absolute atomic E-state index is 12.1. The number of carbonyl (C=O) groups is 1. The third-order valence-electron chi connectivity index (χ3n) is 5.42. The van der Waals surface area contributed by atoms with Gasteiger partial charge in [0.05, 0.1) is 5.75 Å². The van der Waals surface area contributed by atoms with Crippen LogP contribution >= 0.6 is 0 Å². The van der Waals surface area contributed by atoms with Gasteiger partial charge in [-0.15, -0.1) is 0 Å². The summed E-state index contributed by atoms with van der Waals surface area (Å²) in [5.74, 6) is 1.20. The Morgan fingerprint density at radius 3 is 2.38 bits per heavy atom. The van der Waals surface area contributed by atoms with Crippen molar-refractivity contribution in [1.29, 1.82) is 0 Å². The second-order valence-electron chi connectivity index (χ2n) is 7.45. The number of piperidine rings is 1. The fourth-order valence-corrected chi connectivity index (χ4v) is 5.53. The monoisotopic (exact) mass is 358 g/mol. The van der Waals surface area contributed by atoms with Gasteiger partial charge in [0.2, 0.25) is 15.9 Å². The average Bonchev–Trinajstić information content (AvgIpc) is 2.56. The fourth-order valence-electron chi connectivity index (χ4n) is 3.99. The smallest absolute Gasteiger partial charge is 0.220 e. The van der Waals surface area contributed by atoms with Crippen molar-refractivity contribution in [2.24, 2.45) is 5.92 Å². The van der Waals surface area contributed by atoms with E-state index in [-0.39, 0.29) is 17.7 Å². The van der Waals surface area contributed by atoms with Crippen LogP contribution in [0, 0.1) is 5.92 Å². The molecule has 5 nitrogen and oxygen atoms in total. The van der Waals surface area contributed by atoms with Crippen LogP contribution in [0.3, 0.4) is 0 Å². The first-order chi connectivity index (χ1) is 11.5. The van der Waals surface area contributed by atoms with Crippen molar-refractivity contribution in [1.82, 2.24) is 9.62 Å². The third-order valence-corrected chi connectivity index (χ3v) is 7.49. The van der Waals surface area contributed by atoms with Crippen molar-refractivity contribution < 1.29 is 13.2 Å². The number of hydrogen-bond donors (Lipinski definition) is 1. The first-order valence-corrected chi connectivity index (χ1v) is 11.4. The van der Waals surface area contributed by atoms with Crippen molar-refractivity contribution in [3.8, 4) is 0 Å². The molecule has 0 spiro atoms. The highest BCUT2D eigenvalue weighted by Gasteiger charge is 2.27. The maximum Gasteiger partial charge on any atom is 0.220 e. The number of nitrogens with zero attached hydrogens (tertiary/aromatic N) is 1. The van der Waals surface area contributed by atoms with Crippen LogP contribution in [0.4, 0.5) is 0 Å². The molecular formula is C18H34N2O3S. The second kappa shape index (κ2) is 9.76. The summed E-state index contributed by atoms with van der Waals surface area (Å²) in [6.07, 6.45) is 11.7. The Labute approximate surface area is 147 Å². The van der Waals surface area contributed by atoms with E-state index in [0.717, 1.165) is 25.2 Å². The number of sulfonamides is 1. The van der Waals surface area contributed by atoms with Crippen molar-refractivity contribution in [3.05, 3.63) is 0 Å². The van der Waals surface area contributed by atoms with Crippen LogP contribution in [0.1, 0.15) is 77.6 Å². The molecule has 0 bridgehead atoms. The van der Waals surface area contributed by atoms with Crippen molar-refractivity contribution in [2.75, 3.05) is 18.8 Å². The van der Waals surface area contributed by atoms with Gasteiger partial charge in [-0.3, -0.25) is 4.79 Å². The molecule has 1 amide bonds. The quantitative estimate of drug-likeness (QED) is 0.725. The van der Waals surface area contributed by atoms with Crippen molar-refractivity contribution >= 4 is 15.9 Å². The summed E-state index contributed by atoms with van der Waals surface area (Å²) in [6.45, 7) is 2.96. The Hall–Kier alpha value is -0.620. The van der Waals surface area contributed by atoms with Crippen LogP contribution in [0.2, 0.25) is 0 Å². The summed E-state index contributed by atoms with van der Waals surface area (Å²) < 4.78 is 25.7. The summed E-state index contributed by atoms with van der Waals surface area (Å²) in [7, 11) is -3.09. The minimum Gasteiger partial charge on any atom is -0.353 e. The summed E-state index contributed by atoms with van der Waals surface area (Å²) in [5, 5.41) is 3.10. The molecule has 1 aliphatic heterocycles. The van der Waals surface area contributed by atoms with Gasteiger partial charge in [-0.05, 0) is 38.0 Å². The van der Waals surface area contributed by atoms with Gasteiger partial charge in [0, 0.05) is 25.6 Å². The van der Waals surface area contributed by atoms with Gasteiger partial charge in [-0.25, -0.2) is 12.7 Å². The molecule has 2 fully saturated rings. The molecule has 0 aromatic rings. The van der Waals surface area contributed by atoms with Crippen LogP contribution in [0.5, 0.6) is 0 Å². The van der Waals surface area contributed by atoms with Gasteiger partial charge in [0.25, 0.3) is 0 Å². The highest BCUT2D eigenvalue weighted by atomic mass is 32.2. The summed E-state index contributed by atoms with van der Waals surface area (Å²) >= 11 is 0. The lowest BCUT2D eigenvalue weighted by atomic mass is 9.86. The van der Waals surface area contributed by atoms with E-state index in [4.69, 9.17) is 0 Å². The normalized spacial score (nSPS) is 21.7. The lowest BCUT2D eigenvalue weighted by Gasteiger charge is -2.31. The number of nitrogens with one attached hydrogen (secondary N) is 1. The van der Waals surface area contributed by atoms with Gasteiger partial charge >= 0.3 is 0 Å². The predicted octanol–water partition coefficient (Wildman–Crippen LogP) is 3.06. The molecule has 0 radical (unpaired) electrons. The van der Waals surface area contributed by atoms with E-state index in [0.29, 0.717) is 25.9 Å². The Kier molecular flexibility index (Phi) is 8.01. The highest BCUT2D eigenvalue weighted by molar-refractivity contribution is 7.89. The lowest BCUT2D eigenvalue weighted by Crippen LogP contribution is -2.47. The summed E-state index contributed by atoms with van der Waals surface area (Å²) in [5.41, 5.74) is 0. The molecule has 1 heterocycles. The van der Waals surface area contributed by atoms with E-state index in [1.165, 1.54) is 38.5 Å². The first-order valence-electron chi connectivity index (χ1n) is 9.78. The molecule has 2 aliphatic rings. The molecule has 1 saturated carbocycles. The van der Waals surface area contributed by atoms with E-state index < -0.39 is 10.0 Å². The van der Waals surface area contributed by atoms with Crippen molar-refractivity contribution in [3.63, 3.8) is 0 Å². The minimum absolute atomic E-state index is 0.139. The van der Waals surface area contributed by atoms with Crippen LogP contribution in [0.25, 0.3) is 0 Å². The van der Waals surface area contributed by atoms with Gasteiger partial charge in [-0.2, -0.15) is 0 Å². The van der Waals surface area contributed by atoms with Gasteiger partial charge < -0.3 is 5.32 Å². The SMILES string of the molecule is CCCS(=O)(=O)N1CCC(NC(=O)CCCC2CCCCC2)CC1. The fraction of sp³-hybridized carbons (Fsp3) is 0.944. The summed E-state index contributed by atoms with van der Waals surface area (Å²) in [4.78, 5) is 12.1.